The van der Waals surface area contributed by atoms with Crippen LogP contribution in [-0.2, 0) is 0 Å². The first-order valence-corrected chi connectivity index (χ1v) is 3.78. The Morgan fingerprint density at radius 2 is 2.62 bits per heavy atom. The monoisotopic (exact) mass is 126 g/mol. The fourth-order valence-electron chi connectivity index (χ4n) is 0.715. The van der Waals surface area contributed by atoms with Crippen molar-refractivity contribution in [2.45, 2.75) is 13.3 Å². The highest BCUT2D eigenvalue weighted by Gasteiger charge is 2.03. The maximum atomic E-state index is 3.85. The summed E-state index contributed by atoms with van der Waals surface area (Å²) in [7, 11) is 0. The van der Waals surface area contributed by atoms with Crippen molar-refractivity contribution in [1.82, 2.24) is 0 Å². The molecule has 0 aromatic carbocycles. The molecular weight excluding hydrogens is 116 g/mol. The summed E-state index contributed by atoms with van der Waals surface area (Å²) in [6, 6.07) is 0. The summed E-state index contributed by atoms with van der Waals surface area (Å²) in [5.74, 6) is 1.25. The summed E-state index contributed by atoms with van der Waals surface area (Å²) in [5, 5.41) is 0. The SMILES string of the molecule is C=C(C)C1=CCCS1. The fourth-order valence-corrected chi connectivity index (χ4v) is 1.65. The number of rotatable bonds is 1. The number of hydrogen-bond donors (Lipinski definition) is 0. The Bertz CT molecular complexity index is 133. The molecule has 0 atom stereocenters. The van der Waals surface area contributed by atoms with Crippen LogP contribution >= 0.6 is 11.8 Å². The number of thioether (sulfide) groups is 1. The maximum absolute atomic E-state index is 3.85. The van der Waals surface area contributed by atoms with Crippen LogP contribution < -0.4 is 0 Å². The molecule has 0 spiro atoms. The van der Waals surface area contributed by atoms with Crippen molar-refractivity contribution in [3.8, 4) is 0 Å². The zero-order valence-corrected chi connectivity index (χ0v) is 5.92. The van der Waals surface area contributed by atoms with Gasteiger partial charge >= 0.3 is 0 Å². The van der Waals surface area contributed by atoms with Gasteiger partial charge in [-0.15, -0.1) is 11.8 Å². The van der Waals surface area contributed by atoms with Gasteiger partial charge < -0.3 is 0 Å². The van der Waals surface area contributed by atoms with Crippen LogP contribution in [0.25, 0.3) is 0 Å². The molecule has 1 heterocycles. The first-order valence-electron chi connectivity index (χ1n) is 2.79. The maximum Gasteiger partial charge on any atom is 0.00557 e. The molecule has 0 unspecified atom stereocenters. The third kappa shape index (κ3) is 1.16. The minimum atomic E-state index is 1.22. The molecule has 8 heavy (non-hydrogen) atoms. The Morgan fingerprint density at radius 1 is 1.88 bits per heavy atom. The quantitative estimate of drug-likeness (QED) is 0.520. The Labute approximate surface area is 54.7 Å². The van der Waals surface area contributed by atoms with Gasteiger partial charge in [0.15, 0.2) is 0 Å². The van der Waals surface area contributed by atoms with Gasteiger partial charge in [-0.2, -0.15) is 0 Å². The number of hydrogen-bond acceptors (Lipinski definition) is 1. The molecule has 1 aliphatic heterocycles. The minimum absolute atomic E-state index is 1.22. The summed E-state index contributed by atoms with van der Waals surface area (Å²) in [6.45, 7) is 5.91. The lowest BCUT2D eigenvalue weighted by Gasteiger charge is -1.94. The van der Waals surface area contributed by atoms with Gasteiger partial charge in [0.05, 0.1) is 0 Å². The Hall–Kier alpha value is -0.170. The third-order valence-corrected chi connectivity index (χ3v) is 2.39. The van der Waals surface area contributed by atoms with Crippen molar-refractivity contribution in [2.24, 2.45) is 0 Å². The van der Waals surface area contributed by atoms with Gasteiger partial charge in [-0.3, -0.25) is 0 Å². The highest BCUT2D eigenvalue weighted by atomic mass is 32.2. The van der Waals surface area contributed by atoms with Crippen LogP contribution in [0.2, 0.25) is 0 Å². The van der Waals surface area contributed by atoms with Gasteiger partial charge in [0.25, 0.3) is 0 Å². The van der Waals surface area contributed by atoms with Gasteiger partial charge in [0.2, 0.25) is 0 Å². The van der Waals surface area contributed by atoms with E-state index in [0.717, 1.165) is 0 Å². The summed E-state index contributed by atoms with van der Waals surface area (Å²) in [4.78, 5) is 1.39. The second-order valence-electron chi connectivity index (χ2n) is 1.99. The molecule has 0 nitrogen and oxygen atoms in total. The average molecular weight is 126 g/mol. The lowest BCUT2D eigenvalue weighted by atomic mass is 10.3. The first-order chi connectivity index (χ1) is 3.80. The van der Waals surface area contributed by atoms with E-state index in [0.29, 0.717) is 0 Å². The van der Waals surface area contributed by atoms with E-state index in [1.54, 1.807) is 0 Å². The molecule has 44 valence electrons. The molecule has 0 bridgehead atoms. The topological polar surface area (TPSA) is 0 Å². The predicted octanol–water partition coefficient (Wildman–Crippen LogP) is 2.58. The van der Waals surface area contributed by atoms with E-state index in [4.69, 9.17) is 0 Å². The molecule has 0 N–H and O–H groups in total. The second kappa shape index (κ2) is 2.40. The van der Waals surface area contributed by atoms with Crippen molar-refractivity contribution in [3.05, 3.63) is 23.1 Å². The molecule has 0 amide bonds. The lowest BCUT2D eigenvalue weighted by molar-refractivity contribution is 1.27. The molecule has 1 rings (SSSR count). The zero-order valence-electron chi connectivity index (χ0n) is 5.11. The van der Waals surface area contributed by atoms with E-state index >= 15 is 0 Å². The van der Waals surface area contributed by atoms with E-state index in [1.807, 2.05) is 11.8 Å². The van der Waals surface area contributed by atoms with Crippen molar-refractivity contribution in [3.63, 3.8) is 0 Å². The fraction of sp³-hybridized carbons (Fsp3) is 0.429. The molecular formula is C7H10S. The number of allylic oxidation sites excluding steroid dienone is 2. The highest BCUT2D eigenvalue weighted by Crippen LogP contribution is 2.29. The smallest absolute Gasteiger partial charge is 0.00557 e. The molecule has 0 radical (unpaired) electrons. The van der Waals surface area contributed by atoms with Crippen molar-refractivity contribution in [2.75, 3.05) is 5.75 Å². The third-order valence-electron chi connectivity index (χ3n) is 1.13. The summed E-state index contributed by atoms with van der Waals surface area (Å²) >= 11 is 1.91. The van der Waals surface area contributed by atoms with Crippen LogP contribution in [0.5, 0.6) is 0 Å². The van der Waals surface area contributed by atoms with Crippen LogP contribution in [0.1, 0.15) is 13.3 Å². The van der Waals surface area contributed by atoms with E-state index in [-0.39, 0.29) is 0 Å². The van der Waals surface area contributed by atoms with E-state index < -0.39 is 0 Å². The molecule has 0 aliphatic carbocycles. The van der Waals surface area contributed by atoms with E-state index in [9.17, 15) is 0 Å². The Morgan fingerprint density at radius 3 is 2.88 bits per heavy atom. The van der Waals surface area contributed by atoms with Crippen LogP contribution in [0, 0.1) is 0 Å². The van der Waals surface area contributed by atoms with Gasteiger partial charge in [-0.05, 0) is 18.9 Å². The highest BCUT2D eigenvalue weighted by molar-refractivity contribution is 8.03. The molecule has 1 heteroatoms. The molecule has 0 aromatic heterocycles. The lowest BCUT2D eigenvalue weighted by Crippen LogP contribution is -1.69. The summed E-state index contributed by atoms with van der Waals surface area (Å²) < 4.78 is 0. The largest absolute Gasteiger partial charge is 0.126 e. The predicted molar refractivity (Wildman–Crippen MR) is 40.0 cm³/mol. The van der Waals surface area contributed by atoms with Gasteiger partial charge in [0.1, 0.15) is 0 Å². The van der Waals surface area contributed by atoms with Crippen molar-refractivity contribution in [1.29, 1.82) is 0 Å². The van der Waals surface area contributed by atoms with Crippen molar-refractivity contribution >= 4 is 11.8 Å². The van der Waals surface area contributed by atoms with Crippen LogP contribution in [-0.4, -0.2) is 5.75 Å². The summed E-state index contributed by atoms with van der Waals surface area (Å²) in [5.41, 5.74) is 1.22. The molecule has 0 saturated heterocycles. The van der Waals surface area contributed by atoms with Gasteiger partial charge in [0, 0.05) is 10.7 Å². The van der Waals surface area contributed by atoms with E-state index in [1.165, 1.54) is 22.7 Å². The Kier molecular flexibility index (Phi) is 1.79. The normalized spacial score (nSPS) is 18.4. The standard InChI is InChI=1S/C7H10S/c1-6(2)7-4-3-5-8-7/h4H,1,3,5H2,2H3. The minimum Gasteiger partial charge on any atom is -0.126 e. The van der Waals surface area contributed by atoms with Gasteiger partial charge in [-0.25, -0.2) is 0 Å². The molecule has 0 saturated carbocycles. The Balaban J connectivity index is 2.57. The molecule has 0 aromatic rings. The van der Waals surface area contributed by atoms with Crippen LogP contribution in [0.4, 0.5) is 0 Å². The van der Waals surface area contributed by atoms with E-state index in [2.05, 4.69) is 19.6 Å². The average Bonchev–Trinajstić information content (AvgIpc) is 2.12. The zero-order chi connectivity index (χ0) is 5.98. The van der Waals surface area contributed by atoms with Crippen molar-refractivity contribution < 1.29 is 0 Å². The second-order valence-corrected chi connectivity index (χ2v) is 3.12. The van der Waals surface area contributed by atoms with Crippen LogP contribution in [0.15, 0.2) is 23.1 Å². The van der Waals surface area contributed by atoms with Gasteiger partial charge in [-0.1, -0.05) is 12.7 Å². The van der Waals surface area contributed by atoms with Crippen LogP contribution in [0.3, 0.4) is 0 Å². The molecule has 1 aliphatic rings. The summed E-state index contributed by atoms with van der Waals surface area (Å²) in [6.07, 6.45) is 3.49. The molecule has 0 fully saturated rings. The first kappa shape index (κ1) is 5.96.